The monoisotopic (exact) mass is 263 g/mol. The molecule has 0 heterocycles. The third kappa shape index (κ3) is 4.00. The van der Waals surface area contributed by atoms with Crippen molar-refractivity contribution >= 4 is 6.21 Å². The van der Waals surface area contributed by atoms with Gasteiger partial charge < -0.3 is 5.21 Å². The third-order valence-corrected chi connectivity index (χ3v) is 2.94. The third-order valence-electron chi connectivity index (χ3n) is 2.94. The van der Waals surface area contributed by atoms with Gasteiger partial charge in [-0.3, -0.25) is 0 Å². The molecule has 0 N–H and O–H groups in total. The maximum atomic E-state index is 11.1. The maximum Gasteiger partial charge on any atom is 0.181 e. The van der Waals surface area contributed by atoms with Crippen LogP contribution in [0.3, 0.4) is 0 Å². The van der Waals surface area contributed by atoms with Crippen LogP contribution in [0.1, 0.15) is 22.3 Å². The van der Waals surface area contributed by atoms with Crippen LogP contribution in [-0.4, -0.2) is 18.0 Å². The van der Waals surface area contributed by atoms with Crippen LogP contribution in [0.15, 0.2) is 48.5 Å². The summed E-state index contributed by atoms with van der Waals surface area (Å²) in [4.78, 5) is 0. The van der Waals surface area contributed by atoms with Gasteiger partial charge in [-0.05, 0) is 30.7 Å². The summed E-state index contributed by atoms with van der Waals surface area (Å²) in [5.74, 6) is 6.31. The summed E-state index contributed by atoms with van der Waals surface area (Å²) in [6.45, 7) is 2.06. The van der Waals surface area contributed by atoms with Crippen molar-refractivity contribution in [3.8, 4) is 11.8 Å². The SMILES string of the molecule is Cc1ccc(C#CCc2ccccc2/C=[N+](/C)[O-])cc1. The zero-order valence-corrected chi connectivity index (χ0v) is 11.8. The second-order valence-corrected chi connectivity index (χ2v) is 4.72. The molecule has 0 saturated heterocycles. The Balaban J connectivity index is 2.16. The Morgan fingerprint density at radius 1 is 1.10 bits per heavy atom. The van der Waals surface area contributed by atoms with Gasteiger partial charge in [0.15, 0.2) is 6.21 Å². The molecule has 2 aromatic rings. The number of benzene rings is 2. The first kappa shape index (κ1) is 13.9. The van der Waals surface area contributed by atoms with Crippen LogP contribution in [0, 0.1) is 24.0 Å². The van der Waals surface area contributed by atoms with Crippen LogP contribution in [0.4, 0.5) is 0 Å². The molecule has 0 radical (unpaired) electrons. The minimum Gasteiger partial charge on any atom is -0.624 e. The van der Waals surface area contributed by atoms with E-state index in [2.05, 4.69) is 30.9 Å². The Kier molecular flexibility index (Phi) is 4.57. The Morgan fingerprint density at radius 2 is 1.80 bits per heavy atom. The van der Waals surface area contributed by atoms with E-state index in [1.54, 1.807) is 6.21 Å². The molecule has 2 heteroatoms. The van der Waals surface area contributed by atoms with Gasteiger partial charge in [0.1, 0.15) is 7.05 Å². The molecule has 0 aliphatic heterocycles. The summed E-state index contributed by atoms with van der Waals surface area (Å²) >= 11 is 0. The molecule has 2 nitrogen and oxygen atoms in total. The summed E-state index contributed by atoms with van der Waals surface area (Å²) in [6, 6.07) is 16.0. The van der Waals surface area contributed by atoms with Gasteiger partial charge in [0.2, 0.25) is 0 Å². The van der Waals surface area contributed by atoms with Crippen molar-refractivity contribution in [3.63, 3.8) is 0 Å². The van der Waals surface area contributed by atoms with Gasteiger partial charge in [0.05, 0.1) is 0 Å². The van der Waals surface area contributed by atoms with Gasteiger partial charge in [-0.15, -0.1) is 0 Å². The van der Waals surface area contributed by atoms with Crippen molar-refractivity contribution in [1.29, 1.82) is 0 Å². The Labute approximate surface area is 120 Å². The van der Waals surface area contributed by atoms with Gasteiger partial charge in [-0.1, -0.05) is 47.7 Å². The predicted molar refractivity (Wildman–Crippen MR) is 82.9 cm³/mol. The fraction of sp³-hybridized carbons (Fsp3) is 0.167. The quantitative estimate of drug-likeness (QED) is 0.269. The van der Waals surface area contributed by atoms with Gasteiger partial charge in [0.25, 0.3) is 0 Å². The van der Waals surface area contributed by atoms with E-state index in [-0.39, 0.29) is 0 Å². The van der Waals surface area contributed by atoms with E-state index in [1.165, 1.54) is 12.6 Å². The van der Waals surface area contributed by atoms with Gasteiger partial charge in [-0.2, -0.15) is 0 Å². The van der Waals surface area contributed by atoms with Crippen molar-refractivity contribution in [1.82, 2.24) is 0 Å². The molecular formula is C18H17NO. The summed E-state index contributed by atoms with van der Waals surface area (Å²) in [7, 11) is 1.48. The van der Waals surface area contributed by atoms with Gasteiger partial charge >= 0.3 is 0 Å². The number of rotatable bonds is 2. The lowest BCUT2D eigenvalue weighted by molar-refractivity contribution is -0.416. The van der Waals surface area contributed by atoms with E-state index in [4.69, 9.17) is 0 Å². The Morgan fingerprint density at radius 3 is 2.50 bits per heavy atom. The lowest BCUT2D eigenvalue weighted by Crippen LogP contribution is -2.00. The van der Waals surface area contributed by atoms with Crippen molar-refractivity contribution in [2.45, 2.75) is 13.3 Å². The summed E-state index contributed by atoms with van der Waals surface area (Å²) < 4.78 is 0.812. The second-order valence-electron chi connectivity index (χ2n) is 4.72. The molecule has 0 unspecified atom stereocenters. The molecule has 0 fully saturated rings. The molecule has 0 bridgehead atoms. The molecule has 100 valence electrons. The zero-order valence-electron chi connectivity index (χ0n) is 11.8. The molecule has 0 aliphatic rings. The topological polar surface area (TPSA) is 26.1 Å². The van der Waals surface area contributed by atoms with Crippen LogP contribution in [0.2, 0.25) is 0 Å². The number of hydroxylamine groups is 1. The lowest BCUT2D eigenvalue weighted by Gasteiger charge is -2.01. The van der Waals surface area contributed by atoms with E-state index in [0.717, 1.165) is 21.4 Å². The fourth-order valence-electron chi connectivity index (χ4n) is 1.90. The van der Waals surface area contributed by atoms with E-state index in [0.29, 0.717) is 6.42 Å². The van der Waals surface area contributed by atoms with Crippen LogP contribution in [0.5, 0.6) is 0 Å². The van der Waals surface area contributed by atoms with Crippen molar-refractivity contribution in [3.05, 3.63) is 76.0 Å². The first-order chi connectivity index (χ1) is 9.65. The molecule has 2 rings (SSSR count). The second kappa shape index (κ2) is 6.58. The highest BCUT2D eigenvalue weighted by atomic mass is 16.5. The highest BCUT2D eigenvalue weighted by Gasteiger charge is 2.00. The number of hydrogen-bond donors (Lipinski definition) is 0. The fourth-order valence-corrected chi connectivity index (χ4v) is 1.90. The van der Waals surface area contributed by atoms with Crippen LogP contribution >= 0.6 is 0 Å². The lowest BCUT2D eigenvalue weighted by atomic mass is 10.1. The smallest absolute Gasteiger partial charge is 0.181 e. The molecule has 0 atom stereocenters. The number of nitrogens with zero attached hydrogens (tertiary/aromatic N) is 1. The van der Waals surface area contributed by atoms with Crippen LogP contribution in [0.25, 0.3) is 0 Å². The zero-order chi connectivity index (χ0) is 14.4. The standard InChI is InChI=1S/C18H17NO/c1-15-10-12-16(13-11-15)6-5-9-17-7-3-4-8-18(17)14-19(2)20/h3-4,7-8,10-14H,9H2,1-2H3/b19-14-. The largest absolute Gasteiger partial charge is 0.624 e. The average molecular weight is 263 g/mol. The Hall–Kier alpha value is -2.53. The van der Waals surface area contributed by atoms with Crippen molar-refractivity contribution in [2.24, 2.45) is 0 Å². The minimum atomic E-state index is 0.633. The summed E-state index contributed by atoms with van der Waals surface area (Å²) in [5.41, 5.74) is 4.23. The summed E-state index contributed by atoms with van der Waals surface area (Å²) in [5, 5.41) is 11.1. The molecule has 0 spiro atoms. The number of hydrogen-bond acceptors (Lipinski definition) is 1. The molecule has 0 saturated carbocycles. The Bertz CT molecular complexity index is 669. The first-order valence-electron chi connectivity index (χ1n) is 6.53. The number of aryl methyl sites for hydroxylation is 1. The predicted octanol–water partition coefficient (Wildman–Crippen LogP) is 3.15. The van der Waals surface area contributed by atoms with Crippen molar-refractivity contribution < 1.29 is 4.74 Å². The summed E-state index contributed by atoms with van der Waals surface area (Å²) in [6.07, 6.45) is 2.21. The molecule has 2 aromatic carbocycles. The average Bonchev–Trinajstić information content (AvgIpc) is 2.42. The van der Waals surface area contributed by atoms with Crippen LogP contribution < -0.4 is 0 Å². The van der Waals surface area contributed by atoms with E-state index in [9.17, 15) is 5.21 Å². The molecule has 0 aromatic heterocycles. The normalized spacial score (nSPS) is 10.8. The molecule has 0 aliphatic carbocycles. The molecule has 0 amide bonds. The highest BCUT2D eigenvalue weighted by Crippen LogP contribution is 2.07. The molecular weight excluding hydrogens is 246 g/mol. The molecule has 20 heavy (non-hydrogen) atoms. The van der Waals surface area contributed by atoms with E-state index < -0.39 is 0 Å². The maximum absolute atomic E-state index is 11.1. The van der Waals surface area contributed by atoms with Gasteiger partial charge in [-0.25, -0.2) is 4.74 Å². The van der Waals surface area contributed by atoms with Gasteiger partial charge in [0, 0.05) is 17.5 Å². The van der Waals surface area contributed by atoms with E-state index in [1.807, 2.05) is 36.4 Å². The highest BCUT2D eigenvalue weighted by molar-refractivity contribution is 5.78. The first-order valence-corrected chi connectivity index (χ1v) is 6.53. The minimum absolute atomic E-state index is 0.633. The van der Waals surface area contributed by atoms with Crippen molar-refractivity contribution in [2.75, 3.05) is 7.05 Å². The van der Waals surface area contributed by atoms with Crippen LogP contribution in [-0.2, 0) is 6.42 Å². The van der Waals surface area contributed by atoms with E-state index >= 15 is 0 Å².